The fraction of sp³-hybridized carbons (Fsp3) is 0.0769. The van der Waals surface area contributed by atoms with Gasteiger partial charge in [-0.3, -0.25) is 4.79 Å². The minimum atomic E-state index is -1.26. The zero-order chi connectivity index (χ0) is 15.4. The number of alkyl halides is 1. The molecule has 0 atom stereocenters. The minimum absolute atomic E-state index is 0.0219. The molecule has 0 saturated carbocycles. The summed E-state index contributed by atoms with van der Waals surface area (Å²) in [5, 5.41) is 23.8. The van der Waals surface area contributed by atoms with E-state index in [0.717, 1.165) is 0 Å². The van der Waals surface area contributed by atoms with E-state index in [1.54, 1.807) is 0 Å². The first-order valence-corrected chi connectivity index (χ1v) is 6.19. The molecule has 1 heterocycles. The number of aromatic nitrogens is 1. The van der Waals surface area contributed by atoms with E-state index in [4.69, 9.17) is 26.5 Å². The SMILES string of the molecule is N#Cc1ccc(NC(=O)c2cc(CCl)on2)c(C(=O)O)c1. The van der Waals surface area contributed by atoms with Crippen LogP contribution < -0.4 is 5.32 Å². The lowest BCUT2D eigenvalue weighted by atomic mass is 10.1. The van der Waals surface area contributed by atoms with Crippen molar-refractivity contribution in [3.05, 3.63) is 46.8 Å². The Hall–Kier alpha value is -2.85. The van der Waals surface area contributed by atoms with Crippen LogP contribution >= 0.6 is 11.6 Å². The van der Waals surface area contributed by atoms with E-state index in [1.807, 2.05) is 6.07 Å². The minimum Gasteiger partial charge on any atom is -0.478 e. The zero-order valence-corrected chi connectivity index (χ0v) is 11.2. The molecule has 0 radical (unpaired) electrons. The smallest absolute Gasteiger partial charge is 0.337 e. The third kappa shape index (κ3) is 3.19. The van der Waals surface area contributed by atoms with Gasteiger partial charge in [0.25, 0.3) is 5.91 Å². The first kappa shape index (κ1) is 14.6. The van der Waals surface area contributed by atoms with Gasteiger partial charge in [-0.05, 0) is 18.2 Å². The average Bonchev–Trinajstić information content (AvgIpc) is 2.96. The maximum Gasteiger partial charge on any atom is 0.337 e. The van der Waals surface area contributed by atoms with Gasteiger partial charge >= 0.3 is 5.97 Å². The van der Waals surface area contributed by atoms with Gasteiger partial charge in [0, 0.05) is 6.07 Å². The normalized spacial score (nSPS) is 9.90. The highest BCUT2D eigenvalue weighted by Gasteiger charge is 2.17. The highest BCUT2D eigenvalue weighted by molar-refractivity contribution is 6.17. The van der Waals surface area contributed by atoms with Crippen molar-refractivity contribution in [2.45, 2.75) is 5.88 Å². The lowest BCUT2D eigenvalue weighted by Gasteiger charge is -2.07. The molecule has 0 unspecified atom stereocenters. The van der Waals surface area contributed by atoms with Crippen molar-refractivity contribution in [3.63, 3.8) is 0 Å². The Bertz CT molecular complexity index is 748. The highest BCUT2D eigenvalue weighted by atomic mass is 35.5. The summed E-state index contributed by atoms with van der Waals surface area (Å²) in [6, 6.07) is 7.09. The van der Waals surface area contributed by atoms with Crippen LogP contribution in [0.3, 0.4) is 0 Å². The van der Waals surface area contributed by atoms with Crippen molar-refractivity contribution in [3.8, 4) is 6.07 Å². The Kier molecular flexibility index (Phi) is 4.21. The number of carboxylic acid groups (broad SMARTS) is 1. The molecule has 0 spiro atoms. The highest BCUT2D eigenvalue weighted by Crippen LogP contribution is 2.18. The van der Waals surface area contributed by atoms with Crippen LogP contribution in [-0.4, -0.2) is 22.1 Å². The Labute approximate surface area is 123 Å². The number of halogens is 1. The molecule has 2 rings (SSSR count). The maximum absolute atomic E-state index is 11.9. The molecular weight excluding hydrogens is 298 g/mol. The predicted molar refractivity (Wildman–Crippen MR) is 72.1 cm³/mol. The molecule has 1 aromatic heterocycles. The van der Waals surface area contributed by atoms with Gasteiger partial charge in [0.1, 0.15) is 0 Å². The first-order chi connectivity index (χ1) is 10.0. The second-order valence-electron chi connectivity index (χ2n) is 3.94. The van der Waals surface area contributed by atoms with Crippen LogP contribution in [0.2, 0.25) is 0 Å². The lowest BCUT2D eigenvalue weighted by Crippen LogP contribution is -2.15. The topological polar surface area (TPSA) is 116 Å². The van der Waals surface area contributed by atoms with Gasteiger partial charge in [-0.1, -0.05) is 5.16 Å². The molecule has 7 nitrogen and oxygen atoms in total. The molecule has 0 saturated heterocycles. The zero-order valence-electron chi connectivity index (χ0n) is 10.5. The Balaban J connectivity index is 2.28. The molecule has 1 amide bonds. The van der Waals surface area contributed by atoms with Crippen LogP contribution in [-0.2, 0) is 5.88 Å². The van der Waals surface area contributed by atoms with Crippen LogP contribution in [0.4, 0.5) is 5.69 Å². The molecule has 0 aliphatic heterocycles. The summed E-state index contributed by atoms with van der Waals surface area (Å²) in [6.07, 6.45) is 0. The molecule has 0 aliphatic carbocycles. The number of nitriles is 1. The van der Waals surface area contributed by atoms with Gasteiger partial charge < -0.3 is 14.9 Å². The number of nitrogens with one attached hydrogen (secondary N) is 1. The van der Waals surface area contributed by atoms with E-state index in [9.17, 15) is 9.59 Å². The molecule has 2 N–H and O–H groups in total. The fourth-order valence-corrected chi connectivity index (χ4v) is 1.70. The number of carbonyl (C=O) groups is 2. The van der Waals surface area contributed by atoms with Crippen LogP contribution in [0.25, 0.3) is 0 Å². The van der Waals surface area contributed by atoms with E-state index in [2.05, 4.69) is 10.5 Å². The Morgan fingerprint density at radius 1 is 1.43 bits per heavy atom. The molecular formula is C13H8ClN3O4. The number of rotatable bonds is 4. The number of nitrogens with zero attached hydrogens (tertiary/aromatic N) is 2. The summed E-state index contributed by atoms with van der Waals surface area (Å²) in [4.78, 5) is 23.1. The second kappa shape index (κ2) is 6.07. The number of hydrogen-bond donors (Lipinski definition) is 2. The van der Waals surface area contributed by atoms with Gasteiger partial charge in [0.15, 0.2) is 11.5 Å². The monoisotopic (exact) mass is 305 g/mol. The quantitative estimate of drug-likeness (QED) is 0.837. The Morgan fingerprint density at radius 2 is 2.19 bits per heavy atom. The van der Waals surface area contributed by atoms with Crippen molar-refractivity contribution in [1.82, 2.24) is 5.16 Å². The summed E-state index contributed by atoms with van der Waals surface area (Å²) in [5.41, 5.74) is 0.0213. The Morgan fingerprint density at radius 3 is 2.76 bits per heavy atom. The van der Waals surface area contributed by atoms with Gasteiger partial charge in [0.05, 0.1) is 28.8 Å². The van der Waals surface area contributed by atoms with Crippen molar-refractivity contribution in [1.29, 1.82) is 5.26 Å². The molecule has 0 aliphatic rings. The number of amides is 1. The van der Waals surface area contributed by atoms with Crippen LogP contribution in [0.15, 0.2) is 28.8 Å². The lowest BCUT2D eigenvalue weighted by molar-refractivity contribution is 0.0698. The van der Waals surface area contributed by atoms with Crippen molar-refractivity contribution >= 4 is 29.2 Å². The number of benzene rings is 1. The van der Waals surface area contributed by atoms with Crippen molar-refractivity contribution in [2.24, 2.45) is 0 Å². The summed E-state index contributed by atoms with van der Waals surface area (Å²) >= 11 is 5.53. The molecule has 0 bridgehead atoms. The standard InChI is InChI=1S/C13H8ClN3O4/c14-5-8-4-11(17-21-8)12(18)16-10-2-1-7(6-15)3-9(10)13(19)20/h1-4H,5H2,(H,16,18)(H,19,20). The number of carboxylic acids is 1. The van der Waals surface area contributed by atoms with Gasteiger partial charge in [-0.2, -0.15) is 5.26 Å². The van der Waals surface area contributed by atoms with Crippen LogP contribution in [0.1, 0.15) is 32.2 Å². The number of anilines is 1. The summed E-state index contributed by atoms with van der Waals surface area (Å²) in [6.45, 7) is 0. The fourth-order valence-electron chi connectivity index (χ4n) is 1.57. The number of carbonyl (C=O) groups excluding carboxylic acids is 1. The largest absolute Gasteiger partial charge is 0.478 e. The average molecular weight is 306 g/mol. The maximum atomic E-state index is 11.9. The van der Waals surface area contributed by atoms with E-state index < -0.39 is 11.9 Å². The number of hydrogen-bond acceptors (Lipinski definition) is 5. The van der Waals surface area contributed by atoms with E-state index in [1.165, 1.54) is 24.3 Å². The van der Waals surface area contributed by atoms with Gasteiger partial charge in [-0.15, -0.1) is 11.6 Å². The predicted octanol–water partition coefficient (Wildman–Crippen LogP) is 2.24. The molecule has 2 aromatic rings. The molecule has 8 heteroatoms. The summed E-state index contributed by atoms with van der Waals surface area (Å²) in [5.74, 6) is -1.51. The summed E-state index contributed by atoms with van der Waals surface area (Å²) < 4.78 is 4.78. The van der Waals surface area contributed by atoms with E-state index in [-0.39, 0.29) is 28.4 Å². The van der Waals surface area contributed by atoms with E-state index >= 15 is 0 Å². The molecule has 106 valence electrons. The van der Waals surface area contributed by atoms with E-state index in [0.29, 0.717) is 5.76 Å². The summed E-state index contributed by atoms with van der Waals surface area (Å²) in [7, 11) is 0. The molecule has 21 heavy (non-hydrogen) atoms. The van der Waals surface area contributed by atoms with Crippen molar-refractivity contribution in [2.75, 3.05) is 5.32 Å². The van der Waals surface area contributed by atoms with Gasteiger partial charge in [-0.25, -0.2) is 4.79 Å². The van der Waals surface area contributed by atoms with Gasteiger partial charge in [0.2, 0.25) is 0 Å². The third-order valence-electron chi connectivity index (χ3n) is 2.55. The molecule has 0 fully saturated rings. The second-order valence-corrected chi connectivity index (χ2v) is 4.21. The number of aromatic carboxylic acids is 1. The van der Waals surface area contributed by atoms with Crippen molar-refractivity contribution < 1.29 is 19.2 Å². The van der Waals surface area contributed by atoms with Crippen LogP contribution in [0, 0.1) is 11.3 Å². The third-order valence-corrected chi connectivity index (χ3v) is 2.81. The molecule has 1 aromatic carbocycles. The van der Waals surface area contributed by atoms with Crippen LogP contribution in [0.5, 0.6) is 0 Å². The first-order valence-electron chi connectivity index (χ1n) is 5.65.